The fraction of sp³-hybridized carbons (Fsp3) is 0.833. The molecule has 2 rings (SSSR count). The van der Waals surface area contributed by atoms with Crippen LogP contribution in [0.1, 0.15) is 33.1 Å². The normalized spacial score (nSPS) is 19.2. The van der Waals surface area contributed by atoms with E-state index in [2.05, 4.69) is 14.3 Å². The van der Waals surface area contributed by atoms with Crippen molar-refractivity contribution < 1.29 is 19.1 Å². The highest BCUT2D eigenvalue weighted by Crippen LogP contribution is 2.26. The fourth-order valence-corrected chi connectivity index (χ4v) is 2.26. The number of hydroxylamine groups is 3. The highest BCUT2D eigenvalue weighted by Gasteiger charge is 2.40. The minimum absolute atomic E-state index is 0.0162. The third kappa shape index (κ3) is 7.04. The molecule has 0 aromatic rings. The van der Waals surface area contributed by atoms with Gasteiger partial charge in [0.2, 0.25) is 6.41 Å². The smallest absolute Gasteiger partial charge is 0.330 e. The zero-order valence-corrected chi connectivity index (χ0v) is 13.9. The van der Waals surface area contributed by atoms with Crippen molar-refractivity contribution >= 4 is 21.9 Å². The molecule has 2 aliphatic rings. The molecule has 2 aliphatic heterocycles. The van der Waals surface area contributed by atoms with E-state index in [0.29, 0.717) is 19.6 Å². The Labute approximate surface area is 128 Å². The lowest BCUT2D eigenvalue weighted by Gasteiger charge is -2.20. The number of carbonyl (C=O) groups excluding carboxylic acids is 2. The molecule has 0 aromatic heterocycles. The number of nitrogens with one attached hydrogen (secondary N) is 1. The molecule has 0 aromatic carbocycles. The first-order valence-corrected chi connectivity index (χ1v) is 7.67. The predicted molar refractivity (Wildman–Crippen MR) is 82.8 cm³/mol. The molecule has 0 aliphatic carbocycles. The number of urea groups is 1. The Morgan fingerprint density at radius 2 is 2.24 bits per heavy atom. The van der Waals surface area contributed by atoms with Crippen LogP contribution in [0.25, 0.3) is 0 Å². The maximum absolute atomic E-state index is 11.3. The number of piperidine rings is 1. The number of hydrogen-bond acceptors (Lipinski definition) is 5. The van der Waals surface area contributed by atoms with Crippen LogP contribution in [0.5, 0.6) is 0 Å². The van der Waals surface area contributed by atoms with Crippen LogP contribution in [0.2, 0.25) is 0 Å². The number of amides is 3. The molecular formula is C12H27N4O4P. The summed E-state index contributed by atoms with van der Waals surface area (Å²) in [5.74, 6) is 0. The molecule has 2 bridgehead atoms. The Bertz CT molecular complexity index is 296. The summed E-state index contributed by atoms with van der Waals surface area (Å²) < 4.78 is 4.90. The van der Waals surface area contributed by atoms with Crippen molar-refractivity contribution in [3.63, 3.8) is 0 Å². The number of hydrogen-bond donors (Lipinski definition) is 2. The topological polar surface area (TPSA) is 97.1 Å². The molecule has 2 saturated heterocycles. The molecule has 1 unspecified atom stereocenters. The average Bonchev–Trinajstić information content (AvgIpc) is 2.75. The van der Waals surface area contributed by atoms with Crippen LogP contribution >= 0.6 is 9.47 Å². The summed E-state index contributed by atoms with van der Waals surface area (Å²) in [5.41, 5.74) is 7.16. The van der Waals surface area contributed by atoms with Gasteiger partial charge in [0, 0.05) is 22.6 Å². The Hall–Kier alpha value is -0.950. The number of rotatable bonds is 6. The zero-order chi connectivity index (χ0) is 16.1. The summed E-state index contributed by atoms with van der Waals surface area (Å²) in [6, 6.07) is 0.302. The molecule has 124 valence electrons. The molecule has 3 amide bonds. The third-order valence-corrected chi connectivity index (χ3v) is 3.11. The third-order valence-electron chi connectivity index (χ3n) is 2.88. The van der Waals surface area contributed by atoms with Gasteiger partial charge in [-0.15, -0.1) is 0 Å². The molecule has 21 heavy (non-hydrogen) atoms. The van der Waals surface area contributed by atoms with Gasteiger partial charge in [-0.25, -0.2) is 10.3 Å². The Morgan fingerprint density at radius 3 is 2.76 bits per heavy atom. The molecule has 9 heteroatoms. The van der Waals surface area contributed by atoms with Gasteiger partial charge >= 0.3 is 6.03 Å². The van der Waals surface area contributed by atoms with Crippen molar-refractivity contribution in [2.45, 2.75) is 39.2 Å². The lowest BCUT2D eigenvalue weighted by molar-refractivity contribution is -0.120. The van der Waals surface area contributed by atoms with Crippen molar-refractivity contribution in [3.8, 4) is 0 Å². The largest absolute Gasteiger partial charge is 0.344 e. The van der Waals surface area contributed by atoms with Gasteiger partial charge < -0.3 is 10.6 Å². The van der Waals surface area contributed by atoms with E-state index in [-0.39, 0.29) is 12.1 Å². The van der Waals surface area contributed by atoms with Crippen molar-refractivity contribution in [1.29, 1.82) is 0 Å². The van der Waals surface area contributed by atoms with Gasteiger partial charge in [0.05, 0.1) is 12.6 Å². The van der Waals surface area contributed by atoms with Gasteiger partial charge in [-0.3, -0.25) is 14.3 Å². The molecule has 0 radical (unpaired) electrons. The van der Waals surface area contributed by atoms with Crippen LogP contribution in [0.4, 0.5) is 4.79 Å². The summed E-state index contributed by atoms with van der Waals surface area (Å²) in [7, 11) is 2.12. The van der Waals surface area contributed by atoms with Gasteiger partial charge in [-0.05, 0) is 25.8 Å². The Balaban J connectivity index is 0.000000358. The van der Waals surface area contributed by atoms with E-state index in [1.165, 1.54) is 5.06 Å². The summed E-state index contributed by atoms with van der Waals surface area (Å²) in [4.78, 5) is 27.2. The van der Waals surface area contributed by atoms with Gasteiger partial charge in [-0.2, -0.15) is 5.06 Å². The Kier molecular flexibility index (Phi) is 12.2. The lowest BCUT2D eigenvalue weighted by Crippen LogP contribution is -2.30. The van der Waals surface area contributed by atoms with Crippen LogP contribution in [0, 0.1) is 0 Å². The minimum atomic E-state index is 0.0162. The second-order valence-corrected chi connectivity index (χ2v) is 4.39. The van der Waals surface area contributed by atoms with E-state index in [4.69, 9.17) is 10.4 Å². The number of nitrogens with two attached hydrogens (primary N) is 1. The van der Waals surface area contributed by atoms with Gasteiger partial charge in [-0.1, -0.05) is 13.8 Å². The highest BCUT2D eigenvalue weighted by atomic mass is 31.0. The second-order valence-electron chi connectivity index (χ2n) is 4.18. The molecule has 0 saturated carbocycles. The first-order valence-electron chi connectivity index (χ1n) is 7.20. The van der Waals surface area contributed by atoms with E-state index >= 15 is 0 Å². The van der Waals surface area contributed by atoms with Crippen LogP contribution in [-0.2, 0) is 14.3 Å². The van der Waals surface area contributed by atoms with Crippen LogP contribution in [0.15, 0.2) is 0 Å². The van der Waals surface area contributed by atoms with E-state index in [9.17, 15) is 9.59 Å². The summed E-state index contributed by atoms with van der Waals surface area (Å²) in [6.45, 7) is 6.79. The maximum Gasteiger partial charge on any atom is 0.344 e. The first-order chi connectivity index (χ1) is 10.2. The van der Waals surface area contributed by atoms with E-state index < -0.39 is 0 Å². The maximum atomic E-state index is 11.3. The molecule has 8 nitrogen and oxygen atoms in total. The molecule has 2 heterocycles. The van der Waals surface area contributed by atoms with Crippen LogP contribution in [0.3, 0.4) is 0 Å². The monoisotopic (exact) mass is 322 g/mol. The summed E-state index contributed by atoms with van der Waals surface area (Å²) in [6.07, 6.45) is 3.41. The van der Waals surface area contributed by atoms with Crippen molar-refractivity contribution in [3.05, 3.63) is 0 Å². The summed E-state index contributed by atoms with van der Waals surface area (Å²) in [5, 5.41) is 1.46. The van der Waals surface area contributed by atoms with Crippen LogP contribution < -0.4 is 11.2 Å². The SMILES string of the molecule is CC.NCCCONC=O.O=C1N2CCC[C@H](C2)N1OP. The number of carbonyl (C=O) groups is 2. The van der Waals surface area contributed by atoms with Gasteiger partial charge in [0.1, 0.15) is 0 Å². The average molecular weight is 322 g/mol. The Morgan fingerprint density at radius 1 is 1.52 bits per heavy atom. The molecular weight excluding hydrogens is 295 g/mol. The van der Waals surface area contributed by atoms with Gasteiger partial charge in [0.15, 0.2) is 0 Å². The zero-order valence-electron chi connectivity index (χ0n) is 12.8. The fourth-order valence-electron chi connectivity index (χ4n) is 2.00. The quantitative estimate of drug-likeness (QED) is 0.324. The second kappa shape index (κ2) is 12.8. The lowest BCUT2D eigenvalue weighted by atomic mass is 10.1. The highest BCUT2D eigenvalue weighted by molar-refractivity contribution is 7.09. The number of fused-ring (bicyclic) bond motifs is 2. The van der Waals surface area contributed by atoms with Crippen molar-refractivity contribution in [2.24, 2.45) is 5.73 Å². The first kappa shape index (κ1) is 20.1. The molecule has 3 N–H and O–H groups in total. The number of nitrogens with zero attached hydrogens (tertiary/aromatic N) is 2. The van der Waals surface area contributed by atoms with E-state index in [0.717, 1.165) is 32.4 Å². The van der Waals surface area contributed by atoms with Crippen LogP contribution in [-0.4, -0.2) is 54.7 Å². The molecule has 2 fully saturated rings. The van der Waals surface area contributed by atoms with E-state index in [1.807, 2.05) is 24.2 Å². The standard InChI is InChI=1S/C6H11N2O2P.C4H10N2O2.C2H6/c9-6-7-3-1-2-5(4-7)8(6)10-11;5-2-1-3-8-6-4-7;1-2/h5H,1-4,11H2;4H,1-3,5H2,(H,6,7);1-2H3/t5-;;/m1../s1. The molecule has 2 atom stereocenters. The van der Waals surface area contributed by atoms with Crippen molar-refractivity contribution in [2.75, 3.05) is 26.2 Å². The molecule has 0 spiro atoms. The minimum Gasteiger partial charge on any atom is -0.330 e. The predicted octanol–water partition coefficient (Wildman–Crippen LogP) is 0.647. The van der Waals surface area contributed by atoms with Crippen molar-refractivity contribution in [1.82, 2.24) is 15.4 Å². The summed E-state index contributed by atoms with van der Waals surface area (Å²) >= 11 is 0. The van der Waals surface area contributed by atoms with Gasteiger partial charge in [0.25, 0.3) is 0 Å². The van der Waals surface area contributed by atoms with E-state index in [1.54, 1.807) is 0 Å².